The Morgan fingerprint density at radius 2 is 0.476 bits per heavy atom. The van der Waals surface area contributed by atoms with E-state index in [1.807, 2.05) is 0 Å². The van der Waals surface area contributed by atoms with E-state index in [-0.39, 0.29) is 31.1 Å². The van der Waals surface area contributed by atoms with Gasteiger partial charge < -0.3 is 14.2 Å². The molecule has 0 rings (SSSR count). The van der Waals surface area contributed by atoms with Crippen molar-refractivity contribution in [2.75, 3.05) is 13.2 Å². The summed E-state index contributed by atoms with van der Waals surface area (Å²) in [7, 11) is 0. The maximum atomic E-state index is 13.0. The van der Waals surface area contributed by atoms with Gasteiger partial charge in [0.05, 0.1) is 0 Å². The van der Waals surface area contributed by atoms with Crippen LogP contribution >= 0.6 is 0 Å². The third-order valence-corrected chi connectivity index (χ3v) is 15.9. The summed E-state index contributed by atoms with van der Waals surface area (Å²) in [5, 5.41) is 0. The first kappa shape index (κ1) is 78.8. The van der Waals surface area contributed by atoms with Crippen LogP contribution in [-0.4, -0.2) is 37.2 Å². The molecule has 0 amide bonds. The van der Waals surface area contributed by atoms with E-state index in [9.17, 15) is 14.4 Å². The normalized spacial score (nSPS) is 12.5. The Morgan fingerprint density at radius 3 is 0.756 bits per heavy atom. The number of carbonyl (C=O) groups is 3. The molecule has 0 aliphatic carbocycles. The van der Waals surface area contributed by atoms with Crippen molar-refractivity contribution in [3.63, 3.8) is 0 Å². The first-order chi connectivity index (χ1) is 40.5. The number of hydrogen-bond donors (Lipinski definition) is 0. The fourth-order valence-electron chi connectivity index (χ4n) is 10.5. The van der Waals surface area contributed by atoms with Crippen molar-refractivity contribution >= 4 is 17.9 Å². The number of unbranched alkanes of at least 4 members (excludes halogenated alkanes) is 43. The highest BCUT2D eigenvalue weighted by Gasteiger charge is 2.19. The molecule has 0 aromatic rings. The number of rotatable bonds is 66. The Kier molecular flexibility index (Phi) is 67.6. The smallest absolute Gasteiger partial charge is 0.306 e. The molecule has 0 spiro atoms. The lowest BCUT2D eigenvalue weighted by atomic mass is 10.0. The van der Waals surface area contributed by atoms with Gasteiger partial charge in [-0.05, 0) is 109 Å². The molecule has 1 unspecified atom stereocenters. The van der Waals surface area contributed by atoms with Crippen LogP contribution in [0.5, 0.6) is 0 Å². The van der Waals surface area contributed by atoms with Gasteiger partial charge in [-0.15, -0.1) is 0 Å². The Morgan fingerprint density at radius 1 is 0.256 bits per heavy atom. The van der Waals surface area contributed by atoms with Crippen molar-refractivity contribution in [3.05, 3.63) is 72.9 Å². The second-order valence-corrected chi connectivity index (χ2v) is 24.1. The summed E-state index contributed by atoms with van der Waals surface area (Å²) in [5.74, 6) is -0.863. The highest BCUT2D eigenvalue weighted by molar-refractivity contribution is 5.71. The van der Waals surface area contributed by atoms with Crippen LogP contribution in [0.1, 0.15) is 374 Å². The van der Waals surface area contributed by atoms with Gasteiger partial charge in [0.1, 0.15) is 13.2 Å². The maximum absolute atomic E-state index is 13.0. The van der Waals surface area contributed by atoms with Crippen LogP contribution in [0.15, 0.2) is 72.9 Å². The van der Waals surface area contributed by atoms with Gasteiger partial charge >= 0.3 is 17.9 Å². The van der Waals surface area contributed by atoms with Gasteiger partial charge in [0.2, 0.25) is 0 Å². The summed E-state index contributed by atoms with van der Waals surface area (Å²) >= 11 is 0. The molecule has 6 nitrogen and oxygen atoms in total. The minimum absolute atomic E-state index is 0.0751. The molecule has 476 valence electrons. The largest absolute Gasteiger partial charge is 0.462 e. The summed E-state index contributed by atoms with van der Waals surface area (Å²) in [4.78, 5) is 38.5. The van der Waals surface area contributed by atoms with Gasteiger partial charge in [-0.25, -0.2) is 0 Å². The van der Waals surface area contributed by atoms with Crippen molar-refractivity contribution < 1.29 is 28.6 Å². The van der Waals surface area contributed by atoms with E-state index in [4.69, 9.17) is 14.2 Å². The van der Waals surface area contributed by atoms with Gasteiger partial charge in [-0.2, -0.15) is 0 Å². The highest BCUT2D eigenvalue weighted by atomic mass is 16.6. The van der Waals surface area contributed by atoms with E-state index in [0.29, 0.717) is 19.3 Å². The lowest BCUT2D eigenvalue weighted by molar-refractivity contribution is -0.167. The van der Waals surface area contributed by atoms with Crippen LogP contribution in [0.3, 0.4) is 0 Å². The van der Waals surface area contributed by atoms with Crippen molar-refractivity contribution in [3.8, 4) is 0 Å². The number of hydrogen-bond acceptors (Lipinski definition) is 6. The molecule has 0 bridgehead atoms. The SMILES string of the molecule is CC/C=C\C/C=C\C/C=C\C/C=C\CCCCCCCCCCCCCCCCC(=O)OCC(COC(=O)CCCCCCC/C=C\CCCCCCC)OC(=O)CCCCCCCCCCCCC/C=C\CCCCCCCCCC. The second kappa shape index (κ2) is 70.3. The Balaban J connectivity index is 4.27. The molecule has 82 heavy (non-hydrogen) atoms. The molecule has 0 heterocycles. The van der Waals surface area contributed by atoms with Gasteiger partial charge in [0.25, 0.3) is 0 Å². The first-order valence-corrected chi connectivity index (χ1v) is 35.9. The van der Waals surface area contributed by atoms with Gasteiger partial charge in [0, 0.05) is 19.3 Å². The van der Waals surface area contributed by atoms with E-state index >= 15 is 0 Å². The molecule has 0 aromatic carbocycles. The quantitative estimate of drug-likeness (QED) is 0.0261. The standard InChI is InChI=1S/C76H136O6/c1-4-7-10-13-16-19-22-25-28-30-32-34-36-37-38-39-41-42-44-46-48-51-54-57-60-63-66-69-75(78)81-72-73(71-80-74(77)68-65-62-59-56-53-50-27-24-21-18-15-12-9-6-3)82-76(79)70-67-64-61-58-55-52-49-47-45-43-40-35-33-31-29-26-23-20-17-14-11-8-5-2/h7,10,16,19,24-25,27-28,31-34,73H,4-6,8-9,11-15,17-18,20-23,26,29-30,35-72H2,1-3H3/b10-7-,19-16-,27-24-,28-25-,33-31-,34-32-. The zero-order valence-corrected chi connectivity index (χ0v) is 54.8. The predicted octanol–water partition coefficient (Wildman–Crippen LogP) is 24.8. The molecule has 0 aliphatic heterocycles. The van der Waals surface area contributed by atoms with Gasteiger partial charge in [-0.3, -0.25) is 14.4 Å². The van der Waals surface area contributed by atoms with Crippen molar-refractivity contribution in [1.29, 1.82) is 0 Å². The van der Waals surface area contributed by atoms with Crippen LogP contribution in [-0.2, 0) is 28.6 Å². The first-order valence-electron chi connectivity index (χ1n) is 35.9. The fraction of sp³-hybridized carbons (Fsp3) is 0.803. The van der Waals surface area contributed by atoms with Crippen molar-refractivity contribution in [1.82, 2.24) is 0 Å². The van der Waals surface area contributed by atoms with Crippen LogP contribution in [0.2, 0.25) is 0 Å². The summed E-state index contributed by atoms with van der Waals surface area (Å²) in [6, 6.07) is 0. The van der Waals surface area contributed by atoms with Crippen LogP contribution in [0.4, 0.5) is 0 Å². The zero-order chi connectivity index (χ0) is 59.2. The van der Waals surface area contributed by atoms with E-state index in [2.05, 4.69) is 93.7 Å². The topological polar surface area (TPSA) is 78.9 Å². The van der Waals surface area contributed by atoms with Crippen LogP contribution in [0, 0.1) is 0 Å². The van der Waals surface area contributed by atoms with E-state index in [1.165, 1.54) is 244 Å². The lowest BCUT2D eigenvalue weighted by Gasteiger charge is -2.18. The molecule has 0 fully saturated rings. The molecule has 0 aliphatic rings. The Hall–Kier alpha value is -3.15. The average Bonchev–Trinajstić information content (AvgIpc) is 3.48. The summed E-state index contributed by atoms with van der Waals surface area (Å²) in [6.45, 7) is 6.57. The highest BCUT2D eigenvalue weighted by Crippen LogP contribution is 2.18. The van der Waals surface area contributed by atoms with Gasteiger partial charge in [0.15, 0.2) is 6.10 Å². The Labute approximate surface area is 510 Å². The number of ether oxygens (including phenoxy) is 3. The molecule has 6 heteroatoms. The summed E-state index contributed by atoms with van der Waals surface area (Å²) < 4.78 is 17.0. The zero-order valence-electron chi connectivity index (χ0n) is 54.8. The molecule has 1 atom stereocenters. The van der Waals surface area contributed by atoms with E-state index < -0.39 is 6.10 Å². The molecule has 0 N–H and O–H groups in total. The van der Waals surface area contributed by atoms with Crippen molar-refractivity contribution in [2.45, 2.75) is 380 Å². The maximum Gasteiger partial charge on any atom is 0.306 e. The molecule has 0 saturated carbocycles. The van der Waals surface area contributed by atoms with Gasteiger partial charge in [-0.1, -0.05) is 318 Å². The van der Waals surface area contributed by atoms with Crippen molar-refractivity contribution in [2.24, 2.45) is 0 Å². The number of allylic oxidation sites excluding steroid dienone is 12. The van der Waals surface area contributed by atoms with Crippen LogP contribution < -0.4 is 0 Å². The molecular formula is C76H136O6. The third-order valence-electron chi connectivity index (χ3n) is 15.9. The average molecular weight is 1150 g/mol. The van der Waals surface area contributed by atoms with E-state index in [0.717, 1.165) is 89.9 Å². The van der Waals surface area contributed by atoms with Crippen LogP contribution in [0.25, 0.3) is 0 Å². The number of esters is 3. The minimum Gasteiger partial charge on any atom is -0.462 e. The summed E-state index contributed by atoms with van der Waals surface area (Å²) in [5.41, 5.74) is 0. The second-order valence-electron chi connectivity index (χ2n) is 24.1. The molecular weight excluding hydrogens is 1010 g/mol. The predicted molar refractivity (Wildman–Crippen MR) is 358 cm³/mol. The molecule has 0 aromatic heterocycles. The number of carbonyl (C=O) groups excluding carboxylic acids is 3. The molecule has 0 radical (unpaired) electrons. The van der Waals surface area contributed by atoms with E-state index in [1.54, 1.807) is 0 Å². The third kappa shape index (κ3) is 67.6. The monoisotopic (exact) mass is 1150 g/mol. The summed E-state index contributed by atoms with van der Waals surface area (Å²) in [6.07, 6.45) is 92.2. The minimum atomic E-state index is -0.780. The Bertz CT molecular complexity index is 1500. The fourth-order valence-corrected chi connectivity index (χ4v) is 10.5. The molecule has 0 saturated heterocycles. The lowest BCUT2D eigenvalue weighted by Crippen LogP contribution is -2.30.